The maximum absolute atomic E-state index is 5.35. The first-order valence-electron chi connectivity index (χ1n) is 6.85. The van der Waals surface area contributed by atoms with Crippen LogP contribution in [0.4, 0.5) is 17.3 Å². The number of nitrogens with one attached hydrogen (secondary N) is 2. The summed E-state index contributed by atoms with van der Waals surface area (Å²) < 4.78 is 10.6. The third kappa shape index (κ3) is 3.88. The van der Waals surface area contributed by atoms with Gasteiger partial charge in [0.2, 0.25) is 0 Å². The average molecular weight is 300 g/mol. The van der Waals surface area contributed by atoms with Gasteiger partial charge in [-0.2, -0.15) is 0 Å². The smallest absolute Gasteiger partial charge is 0.142 e. The molecule has 116 valence electrons. The summed E-state index contributed by atoms with van der Waals surface area (Å²) in [7, 11) is 3.24. The zero-order valence-electron chi connectivity index (χ0n) is 13.0. The van der Waals surface area contributed by atoms with Crippen LogP contribution < -0.4 is 20.1 Å². The predicted octanol–water partition coefficient (Wildman–Crippen LogP) is 3.14. The summed E-state index contributed by atoms with van der Waals surface area (Å²) in [6, 6.07) is 7.36. The van der Waals surface area contributed by atoms with Crippen molar-refractivity contribution in [2.24, 2.45) is 0 Å². The van der Waals surface area contributed by atoms with Crippen LogP contribution in [0.25, 0.3) is 0 Å². The number of hydrogen-bond donors (Lipinski definition) is 2. The fourth-order valence-electron chi connectivity index (χ4n) is 1.95. The van der Waals surface area contributed by atoms with E-state index in [0.29, 0.717) is 23.9 Å². The van der Waals surface area contributed by atoms with E-state index in [1.54, 1.807) is 20.3 Å². The Labute approximate surface area is 130 Å². The molecule has 0 saturated carbocycles. The molecule has 0 fully saturated rings. The summed E-state index contributed by atoms with van der Waals surface area (Å²) in [6.45, 7) is 6.16. The van der Waals surface area contributed by atoms with Crippen LogP contribution in [0.3, 0.4) is 0 Å². The highest BCUT2D eigenvalue weighted by Gasteiger charge is 2.08. The first kappa shape index (κ1) is 15.6. The third-order valence-corrected chi connectivity index (χ3v) is 2.93. The van der Waals surface area contributed by atoms with Crippen LogP contribution in [-0.4, -0.2) is 30.7 Å². The number of aromatic nitrogens is 2. The second-order valence-electron chi connectivity index (χ2n) is 4.55. The lowest BCUT2D eigenvalue weighted by Gasteiger charge is -2.13. The standard InChI is InChI=1S/C16H20N4O2/c1-5-8-17-15-10-16(19-11(2)18-15)20-13-9-12(21-3)6-7-14(13)22-4/h5-7,9-10H,1,8H2,2-4H3,(H2,17,18,19,20). The SMILES string of the molecule is C=CCNc1cc(Nc2cc(OC)ccc2OC)nc(C)n1. The van der Waals surface area contributed by atoms with Gasteiger partial charge in [-0.15, -0.1) is 6.58 Å². The van der Waals surface area contributed by atoms with E-state index in [0.717, 1.165) is 17.3 Å². The van der Waals surface area contributed by atoms with Crippen LogP contribution in [0, 0.1) is 6.92 Å². The Morgan fingerprint density at radius 3 is 2.59 bits per heavy atom. The molecule has 6 nitrogen and oxygen atoms in total. The van der Waals surface area contributed by atoms with Crippen molar-refractivity contribution in [2.75, 3.05) is 31.4 Å². The van der Waals surface area contributed by atoms with Crippen molar-refractivity contribution in [3.05, 3.63) is 42.7 Å². The van der Waals surface area contributed by atoms with Crippen molar-refractivity contribution in [3.8, 4) is 11.5 Å². The van der Waals surface area contributed by atoms with Gasteiger partial charge in [0, 0.05) is 18.7 Å². The van der Waals surface area contributed by atoms with Gasteiger partial charge in [-0.1, -0.05) is 6.08 Å². The van der Waals surface area contributed by atoms with E-state index < -0.39 is 0 Å². The maximum atomic E-state index is 5.35. The van der Waals surface area contributed by atoms with Gasteiger partial charge in [-0.25, -0.2) is 9.97 Å². The zero-order valence-corrected chi connectivity index (χ0v) is 13.0. The van der Waals surface area contributed by atoms with E-state index in [1.165, 1.54) is 0 Å². The highest BCUT2D eigenvalue weighted by Crippen LogP contribution is 2.31. The van der Waals surface area contributed by atoms with Crippen LogP contribution in [-0.2, 0) is 0 Å². The van der Waals surface area contributed by atoms with E-state index in [4.69, 9.17) is 9.47 Å². The number of rotatable bonds is 7. The Kier molecular flexibility index (Phi) is 5.19. The normalized spacial score (nSPS) is 9.95. The van der Waals surface area contributed by atoms with Gasteiger partial charge in [0.05, 0.1) is 19.9 Å². The molecule has 0 aliphatic heterocycles. The van der Waals surface area contributed by atoms with Gasteiger partial charge in [0.1, 0.15) is 29.0 Å². The molecule has 2 aromatic rings. The summed E-state index contributed by atoms with van der Waals surface area (Å²) >= 11 is 0. The molecule has 2 N–H and O–H groups in total. The number of aryl methyl sites for hydroxylation is 1. The fraction of sp³-hybridized carbons (Fsp3) is 0.250. The summed E-state index contributed by atoms with van der Waals surface area (Å²) in [4.78, 5) is 8.71. The molecule has 0 aliphatic carbocycles. The van der Waals surface area contributed by atoms with Crippen LogP contribution in [0.1, 0.15) is 5.82 Å². The third-order valence-electron chi connectivity index (χ3n) is 2.93. The van der Waals surface area contributed by atoms with Gasteiger partial charge < -0.3 is 20.1 Å². The molecule has 0 atom stereocenters. The van der Waals surface area contributed by atoms with Gasteiger partial charge >= 0.3 is 0 Å². The Hall–Kier alpha value is -2.76. The van der Waals surface area contributed by atoms with Gasteiger partial charge in [0.15, 0.2) is 0 Å². The molecule has 1 aromatic heterocycles. The highest BCUT2D eigenvalue weighted by molar-refractivity contribution is 5.67. The summed E-state index contributed by atoms with van der Waals surface area (Å²) in [5.41, 5.74) is 0.773. The molecule has 0 amide bonds. The van der Waals surface area contributed by atoms with Crippen LogP contribution >= 0.6 is 0 Å². The van der Waals surface area contributed by atoms with Crippen LogP contribution in [0.5, 0.6) is 11.5 Å². The van der Waals surface area contributed by atoms with Crippen molar-refractivity contribution < 1.29 is 9.47 Å². The van der Waals surface area contributed by atoms with Gasteiger partial charge in [0.25, 0.3) is 0 Å². The first-order valence-corrected chi connectivity index (χ1v) is 6.85. The maximum Gasteiger partial charge on any atom is 0.142 e. The van der Waals surface area contributed by atoms with Crippen LogP contribution in [0.15, 0.2) is 36.9 Å². The quantitative estimate of drug-likeness (QED) is 0.766. The summed E-state index contributed by atoms with van der Waals surface area (Å²) in [6.07, 6.45) is 1.77. The predicted molar refractivity (Wildman–Crippen MR) is 88.3 cm³/mol. The lowest BCUT2D eigenvalue weighted by molar-refractivity contribution is 0.405. The number of benzene rings is 1. The minimum Gasteiger partial charge on any atom is -0.497 e. The number of ether oxygens (including phenoxy) is 2. The summed E-state index contributed by atoms with van der Waals surface area (Å²) in [5, 5.41) is 6.38. The average Bonchev–Trinajstić information content (AvgIpc) is 2.52. The number of hydrogen-bond acceptors (Lipinski definition) is 6. The monoisotopic (exact) mass is 300 g/mol. The molecule has 0 spiro atoms. The lowest BCUT2D eigenvalue weighted by Crippen LogP contribution is -2.05. The number of methoxy groups -OCH3 is 2. The topological polar surface area (TPSA) is 68.3 Å². The second kappa shape index (κ2) is 7.31. The molecular formula is C16H20N4O2. The lowest BCUT2D eigenvalue weighted by atomic mass is 10.2. The fourth-order valence-corrected chi connectivity index (χ4v) is 1.95. The molecule has 0 unspecified atom stereocenters. The Balaban J connectivity index is 2.29. The van der Waals surface area contributed by atoms with Gasteiger partial charge in [-0.3, -0.25) is 0 Å². The molecule has 0 bridgehead atoms. The van der Waals surface area contributed by atoms with E-state index in [1.807, 2.05) is 31.2 Å². The van der Waals surface area contributed by atoms with E-state index >= 15 is 0 Å². The van der Waals surface area contributed by atoms with Crippen molar-refractivity contribution in [1.29, 1.82) is 0 Å². The van der Waals surface area contributed by atoms with Crippen molar-refractivity contribution in [2.45, 2.75) is 6.92 Å². The Morgan fingerprint density at radius 2 is 1.91 bits per heavy atom. The van der Waals surface area contributed by atoms with Gasteiger partial charge in [-0.05, 0) is 19.1 Å². The second-order valence-corrected chi connectivity index (χ2v) is 4.55. The Bertz CT molecular complexity index is 659. The Morgan fingerprint density at radius 1 is 1.14 bits per heavy atom. The number of nitrogens with zero attached hydrogens (tertiary/aromatic N) is 2. The van der Waals surface area contributed by atoms with Crippen LogP contribution in [0.2, 0.25) is 0 Å². The first-order chi connectivity index (χ1) is 10.7. The van der Waals surface area contributed by atoms with Crippen molar-refractivity contribution in [3.63, 3.8) is 0 Å². The molecule has 0 radical (unpaired) electrons. The van der Waals surface area contributed by atoms with E-state index in [9.17, 15) is 0 Å². The molecule has 0 saturated heterocycles. The molecule has 6 heteroatoms. The molecule has 1 heterocycles. The summed E-state index contributed by atoms with van der Waals surface area (Å²) in [5.74, 6) is 3.51. The molecule has 0 aliphatic rings. The molecular weight excluding hydrogens is 280 g/mol. The molecule has 22 heavy (non-hydrogen) atoms. The van der Waals surface area contributed by atoms with E-state index in [2.05, 4.69) is 27.2 Å². The minimum absolute atomic E-state index is 0.637. The molecule has 2 rings (SSSR count). The van der Waals surface area contributed by atoms with Crippen molar-refractivity contribution >= 4 is 17.3 Å². The number of anilines is 3. The zero-order chi connectivity index (χ0) is 15.9. The van der Waals surface area contributed by atoms with E-state index in [-0.39, 0.29) is 0 Å². The minimum atomic E-state index is 0.637. The molecule has 1 aromatic carbocycles. The highest BCUT2D eigenvalue weighted by atomic mass is 16.5. The largest absolute Gasteiger partial charge is 0.497 e. The van der Waals surface area contributed by atoms with Crippen molar-refractivity contribution in [1.82, 2.24) is 9.97 Å².